The van der Waals surface area contributed by atoms with E-state index in [4.69, 9.17) is 14.2 Å². The second kappa shape index (κ2) is 10.6. The fourth-order valence-electron chi connectivity index (χ4n) is 2.47. The molecule has 0 unspecified atom stereocenters. The number of nitro benzene ring substituents is 1. The third-order valence-electron chi connectivity index (χ3n) is 3.93. The van der Waals surface area contributed by atoms with E-state index >= 15 is 0 Å². The first-order valence-electron chi connectivity index (χ1n) is 9.09. The molecule has 0 bridgehead atoms. The molecule has 0 aliphatic rings. The topological polar surface area (TPSA) is 117 Å². The highest BCUT2D eigenvalue weighted by Crippen LogP contribution is 2.29. The maximum atomic E-state index is 12.4. The van der Waals surface area contributed by atoms with Crippen LogP contribution in [0.2, 0.25) is 0 Å². The minimum Gasteiger partial charge on any atom is -0.495 e. The van der Waals surface area contributed by atoms with Crippen LogP contribution in [0.15, 0.2) is 48.5 Å². The molecule has 0 heterocycles. The van der Waals surface area contributed by atoms with Gasteiger partial charge in [0.05, 0.1) is 24.3 Å². The van der Waals surface area contributed by atoms with E-state index in [1.807, 2.05) is 13.0 Å². The Bertz CT molecular complexity index is 956. The Morgan fingerprint density at radius 3 is 2.60 bits per heavy atom. The Morgan fingerprint density at radius 2 is 1.93 bits per heavy atom. The Labute approximate surface area is 173 Å². The van der Waals surface area contributed by atoms with Crippen LogP contribution in [0.1, 0.15) is 19.4 Å². The van der Waals surface area contributed by atoms with E-state index in [2.05, 4.69) is 5.32 Å². The van der Waals surface area contributed by atoms with Gasteiger partial charge >= 0.3 is 5.97 Å². The number of non-ortho nitro benzene ring substituents is 1. The lowest BCUT2D eigenvalue weighted by Crippen LogP contribution is -2.29. The number of carbonyl (C=O) groups excluding carboxylic acids is 2. The first-order valence-corrected chi connectivity index (χ1v) is 9.09. The molecule has 2 aromatic carbocycles. The monoisotopic (exact) mass is 414 g/mol. The summed E-state index contributed by atoms with van der Waals surface area (Å²) in [5, 5.41) is 13.4. The number of nitrogens with zero attached hydrogens (tertiary/aromatic N) is 1. The van der Waals surface area contributed by atoms with E-state index < -0.39 is 22.9 Å². The van der Waals surface area contributed by atoms with Gasteiger partial charge in [-0.25, -0.2) is 4.79 Å². The molecule has 9 nitrogen and oxygen atoms in total. The number of nitrogens with one attached hydrogen (secondary N) is 1. The maximum absolute atomic E-state index is 12.4. The molecule has 1 atom stereocenters. The molecule has 0 spiro atoms. The zero-order valence-corrected chi connectivity index (χ0v) is 16.8. The second-order valence-electron chi connectivity index (χ2n) is 6.01. The summed E-state index contributed by atoms with van der Waals surface area (Å²) >= 11 is 0. The molecule has 158 valence electrons. The number of methoxy groups -OCH3 is 1. The van der Waals surface area contributed by atoms with E-state index in [1.54, 1.807) is 18.2 Å². The zero-order chi connectivity index (χ0) is 22.1. The van der Waals surface area contributed by atoms with Crippen molar-refractivity contribution in [2.75, 3.05) is 19.0 Å². The maximum Gasteiger partial charge on any atom is 0.331 e. The number of hydrogen-bond acceptors (Lipinski definition) is 7. The lowest BCUT2D eigenvalue weighted by atomic mass is 10.2. The molecule has 2 rings (SSSR count). The van der Waals surface area contributed by atoms with Gasteiger partial charge in [-0.05, 0) is 32.1 Å². The minimum absolute atomic E-state index is 0.0979. The highest BCUT2D eigenvalue weighted by molar-refractivity contribution is 5.98. The Kier molecular flexibility index (Phi) is 7.92. The molecule has 0 radical (unpaired) electrons. The summed E-state index contributed by atoms with van der Waals surface area (Å²) in [6, 6.07) is 10.9. The third kappa shape index (κ3) is 6.06. The fraction of sp³-hybridized carbons (Fsp3) is 0.238. The van der Waals surface area contributed by atoms with Gasteiger partial charge in [0.15, 0.2) is 6.10 Å². The van der Waals surface area contributed by atoms with Crippen LogP contribution in [0, 0.1) is 10.1 Å². The van der Waals surface area contributed by atoms with Crippen molar-refractivity contribution >= 4 is 29.3 Å². The van der Waals surface area contributed by atoms with Gasteiger partial charge in [0.25, 0.3) is 11.6 Å². The molecular weight excluding hydrogens is 392 g/mol. The SMILES string of the molecule is CCOc1ccccc1/C=C/C(=O)O[C@H](C)C(=O)Nc1cc([N+](=O)[O-])ccc1OC. The summed E-state index contributed by atoms with van der Waals surface area (Å²) in [5.41, 5.74) is 0.571. The van der Waals surface area contributed by atoms with Gasteiger partial charge in [-0.2, -0.15) is 0 Å². The number of carbonyl (C=O) groups is 2. The van der Waals surface area contributed by atoms with Gasteiger partial charge < -0.3 is 19.5 Å². The van der Waals surface area contributed by atoms with Crippen molar-refractivity contribution in [2.24, 2.45) is 0 Å². The number of anilines is 1. The van der Waals surface area contributed by atoms with Crippen LogP contribution in [-0.2, 0) is 14.3 Å². The van der Waals surface area contributed by atoms with Crippen molar-refractivity contribution < 1.29 is 28.7 Å². The van der Waals surface area contributed by atoms with E-state index in [0.29, 0.717) is 17.9 Å². The van der Waals surface area contributed by atoms with Crippen molar-refractivity contribution in [3.8, 4) is 11.5 Å². The number of ether oxygens (including phenoxy) is 3. The van der Waals surface area contributed by atoms with Gasteiger partial charge in [-0.15, -0.1) is 0 Å². The summed E-state index contributed by atoms with van der Waals surface area (Å²) in [4.78, 5) is 34.8. The largest absolute Gasteiger partial charge is 0.495 e. The van der Waals surface area contributed by atoms with Crippen LogP contribution >= 0.6 is 0 Å². The smallest absolute Gasteiger partial charge is 0.331 e. The number of benzene rings is 2. The highest BCUT2D eigenvalue weighted by Gasteiger charge is 2.20. The number of amides is 1. The lowest BCUT2D eigenvalue weighted by molar-refractivity contribution is -0.384. The molecule has 0 aliphatic carbocycles. The number of para-hydroxylation sites is 1. The van der Waals surface area contributed by atoms with Crippen molar-refractivity contribution in [3.63, 3.8) is 0 Å². The molecule has 30 heavy (non-hydrogen) atoms. The number of esters is 1. The van der Waals surface area contributed by atoms with Gasteiger partial charge in [-0.3, -0.25) is 14.9 Å². The van der Waals surface area contributed by atoms with E-state index in [0.717, 1.165) is 6.07 Å². The molecule has 0 fully saturated rings. The van der Waals surface area contributed by atoms with E-state index in [1.165, 1.54) is 38.3 Å². The summed E-state index contributed by atoms with van der Waals surface area (Å²) in [6.07, 6.45) is 1.57. The van der Waals surface area contributed by atoms with Crippen molar-refractivity contribution in [1.29, 1.82) is 0 Å². The lowest BCUT2D eigenvalue weighted by Gasteiger charge is -2.14. The highest BCUT2D eigenvalue weighted by atomic mass is 16.6. The molecular formula is C21H22N2O7. The summed E-state index contributed by atoms with van der Waals surface area (Å²) in [6.45, 7) is 3.72. The fourth-order valence-corrected chi connectivity index (χ4v) is 2.47. The average molecular weight is 414 g/mol. The Morgan fingerprint density at radius 1 is 1.20 bits per heavy atom. The average Bonchev–Trinajstić information content (AvgIpc) is 2.73. The van der Waals surface area contributed by atoms with Crippen LogP contribution < -0.4 is 14.8 Å². The molecule has 0 saturated heterocycles. The number of nitro groups is 1. The van der Waals surface area contributed by atoms with E-state index in [-0.39, 0.29) is 17.1 Å². The van der Waals surface area contributed by atoms with Crippen molar-refractivity contribution in [3.05, 3.63) is 64.2 Å². The zero-order valence-electron chi connectivity index (χ0n) is 16.8. The Hall–Kier alpha value is -3.88. The summed E-state index contributed by atoms with van der Waals surface area (Å²) in [7, 11) is 1.37. The van der Waals surface area contributed by atoms with Crippen LogP contribution in [0.4, 0.5) is 11.4 Å². The molecule has 9 heteroatoms. The van der Waals surface area contributed by atoms with Gasteiger partial charge in [0, 0.05) is 23.8 Å². The van der Waals surface area contributed by atoms with Gasteiger partial charge in [0.2, 0.25) is 0 Å². The number of rotatable bonds is 9. The van der Waals surface area contributed by atoms with Crippen LogP contribution in [0.25, 0.3) is 6.08 Å². The van der Waals surface area contributed by atoms with Gasteiger partial charge in [-0.1, -0.05) is 18.2 Å². The van der Waals surface area contributed by atoms with Gasteiger partial charge in [0.1, 0.15) is 11.5 Å². The summed E-state index contributed by atoms with van der Waals surface area (Å²) < 4.78 is 15.7. The molecule has 1 N–H and O–H groups in total. The standard InChI is InChI=1S/C21H22N2O7/c1-4-29-18-8-6-5-7-15(18)9-12-20(24)30-14(2)21(25)22-17-13-16(23(26)27)10-11-19(17)28-3/h5-14H,4H2,1-3H3,(H,22,25)/b12-9+/t14-/m1/s1. The predicted molar refractivity (Wildman–Crippen MR) is 110 cm³/mol. The van der Waals surface area contributed by atoms with Crippen molar-refractivity contribution in [1.82, 2.24) is 0 Å². The normalized spacial score (nSPS) is 11.6. The molecule has 0 aliphatic heterocycles. The second-order valence-corrected chi connectivity index (χ2v) is 6.01. The molecule has 0 aromatic heterocycles. The summed E-state index contributed by atoms with van der Waals surface area (Å²) in [5.74, 6) is -0.535. The molecule has 0 saturated carbocycles. The van der Waals surface area contributed by atoms with Crippen LogP contribution in [0.5, 0.6) is 11.5 Å². The first-order chi connectivity index (χ1) is 14.3. The quantitative estimate of drug-likeness (QED) is 0.288. The van der Waals surface area contributed by atoms with Crippen LogP contribution in [0.3, 0.4) is 0 Å². The minimum atomic E-state index is -1.15. The third-order valence-corrected chi connectivity index (χ3v) is 3.93. The van der Waals surface area contributed by atoms with Crippen LogP contribution in [-0.4, -0.2) is 36.6 Å². The van der Waals surface area contributed by atoms with E-state index in [9.17, 15) is 19.7 Å². The molecule has 1 amide bonds. The number of hydrogen-bond donors (Lipinski definition) is 1. The molecule has 2 aromatic rings. The Balaban J connectivity index is 2.03. The first kappa shape index (κ1) is 22.4. The predicted octanol–water partition coefficient (Wildman–Crippen LogP) is 3.59. The van der Waals surface area contributed by atoms with Crippen molar-refractivity contribution in [2.45, 2.75) is 20.0 Å².